The Hall–Kier alpha value is -1.86. The number of nitrogens with zero attached hydrogens (tertiary/aromatic N) is 2. The molecule has 2 aromatic heterocycles. The number of nitriles is 1. The molecule has 0 aliphatic heterocycles. The van der Waals surface area contributed by atoms with E-state index in [4.69, 9.17) is 5.26 Å². The van der Waals surface area contributed by atoms with Gasteiger partial charge >= 0.3 is 0 Å². The minimum absolute atomic E-state index is 0.228. The Bertz CT molecular complexity index is 570. The molecule has 2 aromatic rings. The first-order chi connectivity index (χ1) is 9.24. The molecule has 1 N–H and O–H groups in total. The quantitative estimate of drug-likeness (QED) is 0.883. The van der Waals surface area contributed by atoms with E-state index in [-0.39, 0.29) is 6.04 Å². The van der Waals surface area contributed by atoms with Crippen LogP contribution in [0.5, 0.6) is 0 Å². The van der Waals surface area contributed by atoms with Crippen LogP contribution in [0.15, 0.2) is 29.6 Å². The summed E-state index contributed by atoms with van der Waals surface area (Å²) in [6.45, 7) is 4.10. The van der Waals surface area contributed by atoms with Crippen LogP contribution in [0.2, 0.25) is 0 Å². The molecule has 0 radical (unpaired) electrons. The first-order valence-corrected chi connectivity index (χ1v) is 7.30. The average Bonchev–Trinajstić information content (AvgIpc) is 2.92. The zero-order valence-electron chi connectivity index (χ0n) is 11.2. The largest absolute Gasteiger partial charge is 0.361 e. The lowest BCUT2D eigenvalue weighted by Gasteiger charge is -2.18. The van der Waals surface area contributed by atoms with E-state index in [0.717, 1.165) is 18.5 Å². The van der Waals surface area contributed by atoms with E-state index in [1.54, 1.807) is 11.3 Å². The lowest BCUT2D eigenvalue weighted by Crippen LogP contribution is -2.11. The number of hydrogen-bond donors (Lipinski definition) is 1. The fraction of sp³-hybridized carbons (Fsp3) is 0.333. The van der Waals surface area contributed by atoms with E-state index >= 15 is 0 Å². The van der Waals surface area contributed by atoms with E-state index in [2.05, 4.69) is 40.8 Å². The molecule has 2 heterocycles. The van der Waals surface area contributed by atoms with Gasteiger partial charge in [0.15, 0.2) is 0 Å². The number of hydrogen-bond acceptors (Lipinski definition) is 4. The summed E-state index contributed by atoms with van der Waals surface area (Å²) in [4.78, 5) is 5.73. The van der Waals surface area contributed by atoms with Gasteiger partial charge < -0.3 is 5.32 Å². The van der Waals surface area contributed by atoms with Crippen molar-refractivity contribution >= 4 is 17.2 Å². The second kappa shape index (κ2) is 6.35. The highest BCUT2D eigenvalue weighted by atomic mass is 32.1. The van der Waals surface area contributed by atoms with Gasteiger partial charge in [-0.25, -0.2) is 4.98 Å². The van der Waals surface area contributed by atoms with Gasteiger partial charge in [0, 0.05) is 10.6 Å². The highest BCUT2D eigenvalue weighted by molar-refractivity contribution is 7.10. The normalized spacial score (nSPS) is 11.8. The van der Waals surface area contributed by atoms with Gasteiger partial charge in [0.2, 0.25) is 0 Å². The van der Waals surface area contributed by atoms with E-state index in [1.807, 2.05) is 19.1 Å². The molecule has 1 unspecified atom stereocenters. The van der Waals surface area contributed by atoms with Crippen LogP contribution >= 0.6 is 11.3 Å². The molecule has 2 rings (SSSR count). The van der Waals surface area contributed by atoms with Crippen molar-refractivity contribution < 1.29 is 0 Å². The van der Waals surface area contributed by atoms with E-state index in [0.29, 0.717) is 11.4 Å². The van der Waals surface area contributed by atoms with Gasteiger partial charge in [0.25, 0.3) is 0 Å². The maximum atomic E-state index is 9.16. The first kappa shape index (κ1) is 13.6. The van der Waals surface area contributed by atoms with E-state index in [9.17, 15) is 0 Å². The van der Waals surface area contributed by atoms with Crippen molar-refractivity contribution in [1.82, 2.24) is 4.98 Å². The standard InChI is InChI=1S/C15H17N3S/c1-3-5-13(14-6-4-9-19-14)18-15-12(10-16)8-7-11(2)17-15/h4,6-9,13H,3,5H2,1-2H3,(H,17,18). The molecule has 0 fully saturated rings. The van der Waals surface area contributed by atoms with Crippen molar-refractivity contribution in [3.8, 4) is 6.07 Å². The Morgan fingerprint density at radius 1 is 1.42 bits per heavy atom. The van der Waals surface area contributed by atoms with Gasteiger partial charge in [0.1, 0.15) is 11.9 Å². The summed E-state index contributed by atoms with van der Waals surface area (Å²) in [6, 6.07) is 10.3. The highest BCUT2D eigenvalue weighted by Crippen LogP contribution is 2.28. The number of anilines is 1. The molecule has 4 heteroatoms. The lowest BCUT2D eigenvalue weighted by atomic mass is 10.1. The molecule has 0 aromatic carbocycles. The summed E-state index contributed by atoms with van der Waals surface area (Å²) in [5.74, 6) is 0.689. The lowest BCUT2D eigenvalue weighted by molar-refractivity contribution is 0.684. The SMILES string of the molecule is CCCC(Nc1nc(C)ccc1C#N)c1cccs1. The summed E-state index contributed by atoms with van der Waals surface area (Å²) in [5.41, 5.74) is 1.52. The van der Waals surface area contributed by atoms with E-state index < -0.39 is 0 Å². The topological polar surface area (TPSA) is 48.7 Å². The van der Waals surface area contributed by atoms with Crippen molar-refractivity contribution in [1.29, 1.82) is 5.26 Å². The Balaban J connectivity index is 2.27. The average molecular weight is 271 g/mol. The number of thiophene rings is 1. The Morgan fingerprint density at radius 2 is 2.26 bits per heavy atom. The molecular formula is C15H17N3S. The summed E-state index contributed by atoms with van der Waals surface area (Å²) in [7, 11) is 0. The number of nitrogens with one attached hydrogen (secondary N) is 1. The molecular weight excluding hydrogens is 254 g/mol. The van der Waals surface area contributed by atoms with Crippen LogP contribution in [-0.2, 0) is 0 Å². The van der Waals surface area contributed by atoms with Crippen molar-refractivity contribution in [2.45, 2.75) is 32.7 Å². The van der Waals surface area contributed by atoms with Crippen LogP contribution < -0.4 is 5.32 Å². The predicted molar refractivity (Wildman–Crippen MR) is 79.3 cm³/mol. The maximum absolute atomic E-state index is 9.16. The van der Waals surface area contributed by atoms with Crippen LogP contribution in [0.25, 0.3) is 0 Å². The van der Waals surface area contributed by atoms with Crippen molar-refractivity contribution in [3.05, 3.63) is 45.8 Å². The number of aryl methyl sites for hydroxylation is 1. The summed E-state index contributed by atoms with van der Waals surface area (Å²) in [5, 5.41) is 14.7. The highest BCUT2D eigenvalue weighted by Gasteiger charge is 2.14. The molecule has 19 heavy (non-hydrogen) atoms. The molecule has 0 aliphatic carbocycles. The van der Waals surface area contributed by atoms with Crippen molar-refractivity contribution in [3.63, 3.8) is 0 Å². The molecule has 0 spiro atoms. The zero-order chi connectivity index (χ0) is 13.7. The molecule has 98 valence electrons. The molecule has 1 atom stereocenters. The third kappa shape index (κ3) is 3.33. The molecule has 0 saturated carbocycles. The summed E-state index contributed by atoms with van der Waals surface area (Å²) < 4.78 is 0. The third-order valence-electron chi connectivity index (χ3n) is 2.93. The zero-order valence-corrected chi connectivity index (χ0v) is 12.0. The Morgan fingerprint density at radius 3 is 2.89 bits per heavy atom. The molecule has 0 saturated heterocycles. The van der Waals surface area contributed by atoms with Gasteiger partial charge in [-0.15, -0.1) is 11.3 Å². The maximum Gasteiger partial charge on any atom is 0.144 e. The molecule has 0 bridgehead atoms. The number of rotatable bonds is 5. The molecule has 3 nitrogen and oxygen atoms in total. The summed E-state index contributed by atoms with van der Waals surface area (Å²) >= 11 is 1.73. The Labute approximate surface area is 117 Å². The van der Waals surface area contributed by atoms with Crippen LogP contribution in [0.1, 0.15) is 41.9 Å². The summed E-state index contributed by atoms with van der Waals surface area (Å²) in [6.07, 6.45) is 2.12. The number of pyridine rings is 1. The smallest absolute Gasteiger partial charge is 0.144 e. The van der Waals surface area contributed by atoms with Crippen LogP contribution in [-0.4, -0.2) is 4.98 Å². The fourth-order valence-corrected chi connectivity index (χ4v) is 2.80. The molecule has 0 aliphatic rings. The van der Waals surface area contributed by atoms with E-state index in [1.165, 1.54) is 4.88 Å². The van der Waals surface area contributed by atoms with Gasteiger partial charge in [-0.3, -0.25) is 0 Å². The predicted octanol–water partition coefficient (Wildman–Crippen LogP) is 4.28. The van der Waals surface area contributed by atoms with Crippen LogP contribution in [0, 0.1) is 18.3 Å². The van der Waals surface area contributed by atoms with Crippen molar-refractivity contribution in [2.75, 3.05) is 5.32 Å². The second-order valence-electron chi connectivity index (χ2n) is 4.46. The van der Waals surface area contributed by atoms with Gasteiger partial charge in [-0.1, -0.05) is 19.4 Å². The third-order valence-corrected chi connectivity index (χ3v) is 3.92. The van der Waals surface area contributed by atoms with Crippen LogP contribution in [0.3, 0.4) is 0 Å². The van der Waals surface area contributed by atoms with Crippen LogP contribution in [0.4, 0.5) is 5.82 Å². The van der Waals surface area contributed by atoms with Gasteiger partial charge in [-0.05, 0) is 36.9 Å². The monoisotopic (exact) mass is 271 g/mol. The minimum atomic E-state index is 0.228. The van der Waals surface area contributed by atoms with Gasteiger partial charge in [-0.2, -0.15) is 5.26 Å². The fourth-order valence-electron chi connectivity index (χ4n) is 1.99. The van der Waals surface area contributed by atoms with Crippen molar-refractivity contribution in [2.24, 2.45) is 0 Å². The molecule has 0 amide bonds. The Kier molecular flexibility index (Phi) is 4.53. The minimum Gasteiger partial charge on any atom is -0.361 e. The first-order valence-electron chi connectivity index (χ1n) is 6.42. The number of aromatic nitrogens is 1. The second-order valence-corrected chi connectivity index (χ2v) is 5.44. The van der Waals surface area contributed by atoms with Gasteiger partial charge in [0.05, 0.1) is 11.6 Å².